The Balaban J connectivity index is 1.74. The second-order valence-electron chi connectivity index (χ2n) is 4.87. The average molecular weight is 301 g/mol. The van der Waals surface area contributed by atoms with Crippen molar-refractivity contribution in [1.82, 2.24) is 10.3 Å². The maximum Gasteiger partial charge on any atom is 0.107 e. The van der Waals surface area contributed by atoms with E-state index in [1.54, 1.807) is 0 Å². The number of thiazole rings is 1. The van der Waals surface area contributed by atoms with Crippen molar-refractivity contribution in [1.29, 1.82) is 0 Å². The minimum Gasteiger partial charge on any atom is -0.309 e. The third-order valence-corrected chi connectivity index (χ3v) is 8.00. The van der Waals surface area contributed by atoms with Crippen molar-refractivity contribution in [2.24, 2.45) is 0 Å². The summed E-state index contributed by atoms with van der Waals surface area (Å²) in [5.74, 6) is 2.59. The average Bonchev–Trinajstić information content (AvgIpc) is 3.09. The summed E-state index contributed by atoms with van der Waals surface area (Å²) in [4.78, 5) is 4.94. The topological polar surface area (TPSA) is 24.9 Å². The molecule has 5 heteroatoms. The molecule has 18 heavy (non-hydrogen) atoms. The first-order chi connectivity index (χ1) is 8.88. The summed E-state index contributed by atoms with van der Waals surface area (Å²) in [5.41, 5.74) is 1.29. The quantitative estimate of drug-likeness (QED) is 0.916. The maximum absolute atomic E-state index is 4.94. The largest absolute Gasteiger partial charge is 0.309 e. The maximum atomic E-state index is 4.94. The molecule has 0 aliphatic carbocycles. The number of nitrogens with one attached hydrogen (secondary N) is 1. The van der Waals surface area contributed by atoms with Crippen molar-refractivity contribution in [3.8, 4) is 0 Å². The van der Waals surface area contributed by atoms with Crippen molar-refractivity contribution < 1.29 is 0 Å². The first-order valence-corrected chi connectivity index (χ1v) is 9.78. The molecule has 0 amide bonds. The first-order valence-electron chi connectivity index (χ1n) is 6.80. The lowest BCUT2D eigenvalue weighted by Gasteiger charge is -2.28. The van der Waals surface area contributed by atoms with Crippen LogP contribution in [0.15, 0.2) is 5.38 Å². The van der Waals surface area contributed by atoms with E-state index in [2.05, 4.69) is 41.1 Å². The summed E-state index contributed by atoms with van der Waals surface area (Å²) in [7, 11) is 0. The number of hydrogen-bond donors (Lipinski definition) is 1. The van der Waals surface area contributed by atoms with Gasteiger partial charge in [-0.3, -0.25) is 0 Å². The third kappa shape index (κ3) is 2.74. The molecule has 1 N–H and O–H groups in total. The van der Waals surface area contributed by atoms with Crippen LogP contribution in [-0.2, 0) is 0 Å². The van der Waals surface area contributed by atoms with E-state index in [1.165, 1.54) is 41.5 Å². The summed E-state index contributed by atoms with van der Waals surface area (Å²) >= 11 is 6.13. The second-order valence-corrected chi connectivity index (χ2v) is 8.35. The highest BCUT2D eigenvalue weighted by molar-refractivity contribution is 8.06. The van der Waals surface area contributed by atoms with Crippen LogP contribution in [0.25, 0.3) is 0 Å². The molecule has 2 nitrogen and oxygen atoms in total. The Morgan fingerprint density at radius 1 is 1.39 bits per heavy atom. The molecule has 2 aliphatic rings. The first kappa shape index (κ1) is 13.3. The van der Waals surface area contributed by atoms with Crippen molar-refractivity contribution in [2.45, 2.75) is 42.7 Å². The smallest absolute Gasteiger partial charge is 0.107 e. The van der Waals surface area contributed by atoms with Gasteiger partial charge in [-0.05, 0) is 25.8 Å². The normalized spacial score (nSPS) is 32.8. The molecule has 0 saturated carbocycles. The van der Waals surface area contributed by atoms with E-state index >= 15 is 0 Å². The van der Waals surface area contributed by atoms with Gasteiger partial charge in [-0.15, -0.1) is 23.1 Å². The highest BCUT2D eigenvalue weighted by atomic mass is 32.2. The van der Waals surface area contributed by atoms with Crippen molar-refractivity contribution in [3.63, 3.8) is 0 Å². The summed E-state index contributed by atoms with van der Waals surface area (Å²) < 4.78 is 0. The van der Waals surface area contributed by atoms with Gasteiger partial charge in [-0.2, -0.15) is 11.8 Å². The molecule has 2 unspecified atom stereocenters. The van der Waals surface area contributed by atoms with E-state index in [9.17, 15) is 0 Å². The molecule has 0 radical (unpaired) electrons. The molecular weight excluding hydrogens is 280 g/mol. The van der Waals surface area contributed by atoms with Gasteiger partial charge in [0.05, 0.1) is 17.0 Å². The lowest BCUT2D eigenvalue weighted by Crippen LogP contribution is -2.18. The SMILES string of the molecule is CCC1SCCSC1c1nc([C@@H]2CCCN2)cs1. The van der Waals surface area contributed by atoms with Crippen LogP contribution in [0, 0.1) is 0 Å². The van der Waals surface area contributed by atoms with E-state index < -0.39 is 0 Å². The van der Waals surface area contributed by atoms with Gasteiger partial charge in [0, 0.05) is 22.1 Å². The molecule has 3 heterocycles. The summed E-state index contributed by atoms with van der Waals surface area (Å²) in [6.45, 7) is 3.47. The van der Waals surface area contributed by atoms with E-state index in [4.69, 9.17) is 4.98 Å². The van der Waals surface area contributed by atoms with Crippen LogP contribution in [0.5, 0.6) is 0 Å². The predicted octanol–water partition coefficient (Wildman–Crippen LogP) is 3.87. The number of rotatable bonds is 3. The van der Waals surface area contributed by atoms with Gasteiger partial charge in [0.2, 0.25) is 0 Å². The van der Waals surface area contributed by atoms with E-state index in [-0.39, 0.29) is 0 Å². The molecule has 1 aromatic heterocycles. The van der Waals surface area contributed by atoms with Gasteiger partial charge in [-0.25, -0.2) is 4.98 Å². The van der Waals surface area contributed by atoms with Gasteiger partial charge in [-0.1, -0.05) is 6.92 Å². The Bertz CT molecular complexity index is 387. The Hall–Kier alpha value is 0.290. The molecule has 2 saturated heterocycles. The van der Waals surface area contributed by atoms with Crippen LogP contribution < -0.4 is 5.32 Å². The highest BCUT2D eigenvalue weighted by Crippen LogP contribution is 2.45. The third-order valence-electron chi connectivity index (χ3n) is 3.65. The Morgan fingerprint density at radius 3 is 3.06 bits per heavy atom. The number of aromatic nitrogens is 1. The van der Waals surface area contributed by atoms with Gasteiger partial charge >= 0.3 is 0 Å². The monoisotopic (exact) mass is 300 g/mol. The van der Waals surface area contributed by atoms with Crippen LogP contribution in [-0.4, -0.2) is 28.3 Å². The molecule has 0 spiro atoms. The van der Waals surface area contributed by atoms with Gasteiger partial charge in [0.15, 0.2) is 0 Å². The van der Waals surface area contributed by atoms with E-state index in [0.717, 1.165) is 11.8 Å². The predicted molar refractivity (Wildman–Crippen MR) is 83.8 cm³/mol. The zero-order chi connectivity index (χ0) is 12.4. The molecule has 100 valence electrons. The Kier molecular flexibility index (Phi) is 4.55. The van der Waals surface area contributed by atoms with Crippen molar-refractivity contribution >= 4 is 34.9 Å². The molecule has 3 rings (SSSR count). The molecule has 0 aromatic carbocycles. The van der Waals surface area contributed by atoms with Crippen LogP contribution in [0.1, 0.15) is 48.2 Å². The minimum absolute atomic E-state index is 0.524. The number of thioether (sulfide) groups is 2. The second kappa shape index (κ2) is 6.16. The Labute approximate surface area is 122 Å². The number of hydrogen-bond acceptors (Lipinski definition) is 5. The minimum atomic E-state index is 0.524. The standard InChI is InChI=1S/C13H20N2S3/c1-2-11-12(17-7-6-16-11)13-15-10(8-18-13)9-4-3-5-14-9/h8-9,11-12,14H,2-7H2,1H3/t9-,11?,12?/m0/s1. The summed E-state index contributed by atoms with van der Waals surface area (Å²) in [6.07, 6.45) is 3.81. The van der Waals surface area contributed by atoms with Gasteiger partial charge in [0.25, 0.3) is 0 Å². The summed E-state index contributed by atoms with van der Waals surface area (Å²) in [6, 6.07) is 0.524. The van der Waals surface area contributed by atoms with Crippen molar-refractivity contribution in [3.05, 3.63) is 16.1 Å². The zero-order valence-electron chi connectivity index (χ0n) is 10.7. The molecule has 2 fully saturated rings. The number of nitrogens with zero attached hydrogens (tertiary/aromatic N) is 1. The Morgan fingerprint density at radius 2 is 2.28 bits per heavy atom. The molecule has 2 aliphatic heterocycles. The fraction of sp³-hybridized carbons (Fsp3) is 0.769. The van der Waals surface area contributed by atoms with Crippen LogP contribution in [0.3, 0.4) is 0 Å². The lowest BCUT2D eigenvalue weighted by atomic mass is 10.2. The zero-order valence-corrected chi connectivity index (χ0v) is 13.2. The highest BCUT2D eigenvalue weighted by Gasteiger charge is 2.29. The van der Waals surface area contributed by atoms with Crippen LogP contribution in [0.4, 0.5) is 0 Å². The van der Waals surface area contributed by atoms with Gasteiger partial charge in [0.1, 0.15) is 5.01 Å². The molecular formula is C13H20N2S3. The molecule has 1 aromatic rings. The molecule has 0 bridgehead atoms. The van der Waals surface area contributed by atoms with Crippen molar-refractivity contribution in [2.75, 3.05) is 18.1 Å². The van der Waals surface area contributed by atoms with Crippen LogP contribution in [0.2, 0.25) is 0 Å². The van der Waals surface area contributed by atoms with E-state index in [1.807, 2.05) is 11.3 Å². The van der Waals surface area contributed by atoms with Gasteiger partial charge < -0.3 is 5.32 Å². The van der Waals surface area contributed by atoms with E-state index in [0.29, 0.717) is 11.3 Å². The lowest BCUT2D eigenvalue weighted by molar-refractivity contribution is 0.628. The summed E-state index contributed by atoms with van der Waals surface area (Å²) in [5, 5.41) is 8.59. The molecule has 3 atom stereocenters. The fourth-order valence-corrected chi connectivity index (χ4v) is 6.97. The van der Waals surface area contributed by atoms with Crippen LogP contribution >= 0.6 is 34.9 Å². The fourth-order valence-electron chi connectivity index (χ4n) is 2.66.